The Bertz CT molecular complexity index is 926. The van der Waals surface area contributed by atoms with Gasteiger partial charge in [0.15, 0.2) is 0 Å². The van der Waals surface area contributed by atoms with E-state index in [4.69, 9.17) is 4.74 Å². The predicted octanol–water partition coefficient (Wildman–Crippen LogP) is 4.32. The number of anilines is 2. The maximum atomic E-state index is 12.8. The molecule has 28 heavy (non-hydrogen) atoms. The minimum Gasteiger partial charge on any atom is -0.378 e. The number of carbonyl (C=O) groups excluding carboxylic acids is 1. The van der Waals surface area contributed by atoms with Gasteiger partial charge in [0, 0.05) is 35.6 Å². The Balaban J connectivity index is 1.46. The van der Waals surface area contributed by atoms with E-state index in [1.54, 1.807) is 18.3 Å². The zero-order valence-corrected chi connectivity index (χ0v) is 16.2. The van der Waals surface area contributed by atoms with E-state index in [0.717, 1.165) is 42.6 Å². The third-order valence-corrected chi connectivity index (χ3v) is 5.50. The van der Waals surface area contributed by atoms with Crippen LogP contribution in [-0.2, 0) is 4.74 Å². The minimum atomic E-state index is -0.161. The van der Waals surface area contributed by atoms with Crippen molar-refractivity contribution in [3.63, 3.8) is 0 Å². The van der Waals surface area contributed by atoms with Gasteiger partial charge in [0.2, 0.25) is 0 Å². The van der Waals surface area contributed by atoms with Gasteiger partial charge in [0.05, 0.1) is 18.8 Å². The molecule has 0 bridgehead atoms. The Morgan fingerprint density at radius 1 is 0.964 bits per heavy atom. The van der Waals surface area contributed by atoms with E-state index >= 15 is 0 Å². The molecular weight excluding hydrogens is 370 g/mol. The summed E-state index contributed by atoms with van der Waals surface area (Å²) < 4.78 is 5.39. The number of benzene rings is 2. The first-order chi connectivity index (χ1) is 13.8. The van der Waals surface area contributed by atoms with Crippen molar-refractivity contribution in [2.45, 2.75) is 9.92 Å². The molecule has 142 valence electrons. The molecule has 0 radical (unpaired) electrons. The van der Waals surface area contributed by atoms with Crippen LogP contribution < -0.4 is 10.2 Å². The van der Waals surface area contributed by atoms with Gasteiger partial charge < -0.3 is 15.0 Å². The molecule has 2 aromatic carbocycles. The summed E-state index contributed by atoms with van der Waals surface area (Å²) in [5.74, 6) is -0.161. The van der Waals surface area contributed by atoms with Gasteiger partial charge in [-0.25, -0.2) is 4.98 Å². The van der Waals surface area contributed by atoms with Gasteiger partial charge in [-0.2, -0.15) is 0 Å². The van der Waals surface area contributed by atoms with Crippen LogP contribution in [0.1, 0.15) is 10.4 Å². The van der Waals surface area contributed by atoms with E-state index in [9.17, 15) is 4.79 Å². The molecule has 3 aromatic rings. The molecule has 1 aliphatic heterocycles. The van der Waals surface area contributed by atoms with Crippen LogP contribution in [0.2, 0.25) is 0 Å². The molecule has 1 amide bonds. The fourth-order valence-electron chi connectivity index (χ4n) is 3.02. The van der Waals surface area contributed by atoms with E-state index in [2.05, 4.69) is 15.2 Å². The van der Waals surface area contributed by atoms with Crippen LogP contribution in [0.3, 0.4) is 0 Å². The highest BCUT2D eigenvalue weighted by atomic mass is 32.2. The summed E-state index contributed by atoms with van der Waals surface area (Å²) in [6.45, 7) is 3.28. The first-order valence-corrected chi connectivity index (χ1v) is 10.0. The van der Waals surface area contributed by atoms with E-state index in [1.807, 2.05) is 54.6 Å². The maximum Gasteiger partial charge on any atom is 0.258 e. The third kappa shape index (κ3) is 4.52. The molecule has 5 nitrogen and oxygen atoms in total. The third-order valence-electron chi connectivity index (χ3n) is 4.47. The van der Waals surface area contributed by atoms with Gasteiger partial charge in [-0.1, -0.05) is 30.0 Å². The molecule has 0 unspecified atom stereocenters. The van der Waals surface area contributed by atoms with Crippen molar-refractivity contribution < 1.29 is 9.53 Å². The zero-order valence-electron chi connectivity index (χ0n) is 15.4. The number of nitrogens with zero attached hydrogens (tertiary/aromatic N) is 2. The number of aromatic nitrogens is 1. The van der Waals surface area contributed by atoms with Crippen LogP contribution in [-0.4, -0.2) is 37.2 Å². The minimum absolute atomic E-state index is 0.161. The standard InChI is InChI=1S/C22H21N3O2S/c26-21(20-7-4-12-23-22(20)28-19-5-2-1-3-6-19)24-17-8-10-18(11-9-17)25-13-15-27-16-14-25/h1-12H,13-16H2,(H,24,26). The Hall–Kier alpha value is -2.83. The molecule has 1 N–H and O–H groups in total. The Kier molecular flexibility index (Phi) is 5.89. The van der Waals surface area contributed by atoms with Crippen LogP contribution in [0.4, 0.5) is 11.4 Å². The monoisotopic (exact) mass is 391 g/mol. The lowest BCUT2D eigenvalue weighted by Crippen LogP contribution is -2.36. The van der Waals surface area contributed by atoms with Gasteiger partial charge in [-0.05, 0) is 48.5 Å². The number of amides is 1. The lowest BCUT2D eigenvalue weighted by Gasteiger charge is -2.28. The Morgan fingerprint density at radius 3 is 2.46 bits per heavy atom. The summed E-state index contributed by atoms with van der Waals surface area (Å²) in [7, 11) is 0. The number of hydrogen-bond donors (Lipinski definition) is 1. The summed E-state index contributed by atoms with van der Waals surface area (Å²) in [5.41, 5.74) is 2.47. The second-order valence-electron chi connectivity index (χ2n) is 6.37. The second kappa shape index (κ2) is 8.91. The lowest BCUT2D eigenvalue weighted by molar-refractivity contribution is 0.102. The van der Waals surface area contributed by atoms with Gasteiger partial charge in [-0.15, -0.1) is 0 Å². The highest BCUT2D eigenvalue weighted by Gasteiger charge is 2.15. The highest BCUT2D eigenvalue weighted by Crippen LogP contribution is 2.29. The first-order valence-electron chi connectivity index (χ1n) is 9.21. The molecule has 0 spiro atoms. The van der Waals surface area contributed by atoms with Gasteiger partial charge in [-0.3, -0.25) is 4.79 Å². The molecule has 2 heterocycles. The largest absolute Gasteiger partial charge is 0.378 e. The Morgan fingerprint density at radius 2 is 1.71 bits per heavy atom. The maximum absolute atomic E-state index is 12.8. The van der Waals surface area contributed by atoms with E-state index in [0.29, 0.717) is 10.6 Å². The first kappa shape index (κ1) is 18.5. The van der Waals surface area contributed by atoms with Crippen LogP contribution in [0.25, 0.3) is 0 Å². The summed E-state index contributed by atoms with van der Waals surface area (Å²) >= 11 is 1.48. The average molecular weight is 391 g/mol. The van der Waals surface area contributed by atoms with Crippen molar-refractivity contribution in [2.24, 2.45) is 0 Å². The molecule has 0 saturated carbocycles. The fourth-order valence-corrected chi connectivity index (χ4v) is 3.92. The number of nitrogens with one attached hydrogen (secondary N) is 1. The number of rotatable bonds is 5. The average Bonchev–Trinajstić information content (AvgIpc) is 2.76. The molecule has 0 aliphatic carbocycles. The summed E-state index contributed by atoms with van der Waals surface area (Å²) in [5, 5.41) is 3.67. The fraction of sp³-hybridized carbons (Fsp3) is 0.182. The smallest absolute Gasteiger partial charge is 0.258 e. The number of carbonyl (C=O) groups is 1. The van der Waals surface area contributed by atoms with Gasteiger partial charge >= 0.3 is 0 Å². The van der Waals surface area contributed by atoms with Crippen molar-refractivity contribution in [1.29, 1.82) is 0 Å². The van der Waals surface area contributed by atoms with E-state index in [-0.39, 0.29) is 5.91 Å². The number of morpholine rings is 1. The summed E-state index contributed by atoms with van der Waals surface area (Å²) in [6.07, 6.45) is 1.71. The summed E-state index contributed by atoms with van der Waals surface area (Å²) in [6, 6.07) is 21.4. The van der Waals surface area contributed by atoms with Crippen molar-refractivity contribution >= 4 is 29.0 Å². The van der Waals surface area contributed by atoms with Crippen LogP contribution in [0.15, 0.2) is 82.8 Å². The second-order valence-corrected chi connectivity index (χ2v) is 7.43. The molecule has 1 saturated heterocycles. The van der Waals surface area contributed by atoms with Gasteiger partial charge in [0.1, 0.15) is 5.03 Å². The normalized spacial score (nSPS) is 13.9. The number of ether oxygens (including phenoxy) is 1. The predicted molar refractivity (Wildman–Crippen MR) is 112 cm³/mol. The van der Waals surface area contributed by atoms with Crippen LogP contribution in [0, 0.1) is 0 Å². The molecule has 4 rings (SSSR count). The molecule has 1 aliphatic rings. The zero-order chi connectivity index (χ0) is 19.2. The Labute approximate surface area is 168 Å². The molecule has 0 atom stereocenters. The van der Waals surface area contributed by atoms with Gasteiger partial charge in [0.25, 0.3) is 5.91 Å². The lowest BCUT2D eigenvalue weighted by atomic mass is 10.2. The summed E-state index contributed by atoms with van der Waals surface area (Å²) in [4.78, 5) is 20.5. The SMILES string of the molecule is O=C(Nc1ccc(N2CCOCC2)cc1)c1cccnc1Sc1ccccc1. The van der Waals surface area contributed by atoms with Crippen molar-refractivity contribution in [2.75, 3.05) is 36.5 Å². The number of hydrogen-bond acceptors (Lipinski definition) is 5. The topological polar surface area (TPSA) is 54.5 Å². The van der Waals surface area contributed by atoms with E-state index < -0.39 is 0 Å². The van der Waals surface area contributed by atoms with Crippen molar-refractivity contribution in [1.82, 2.24) is 4.98 Å². The quantitative estimate of drug-likeness (QED) is 0.702. The molecule has 1 aromatic heterocycles. The molecule has 6 heteroatoms. The van der Waals surface area contributed by atoms with Crippen LogP contribution >= 0.6 is 11.8 Å². The van der Waals surface area contributed by atoms with Crippen molar-refractivity contribution in [3.8, 4) is 0 Å². The van der Waals surface area contributed by atoms with E-state index in [1.165, 1.54) is 11.8 Å². The molecule has 1 fully saturated rings. The highest BCUT2D eigenvalue weighted by molar-refractivity contribution is 7.99. The number of pyridine rings is 1. The van der Waals surface area contributed by atoms with Crippen LogP contribution in [0.5, 0.6) is 0 Å². The van der Waals surface area contributed by atoms with Crippen molar-refractivity contribution in [3.05, 3.63) is 78.5 Å². The molecular formula is C22H21N3O2S.